The van der Waals surface area contributed by atoms with E-state index in [2.05, 4.69) is 10.3 Å². The number of hydrogen-bond donors (Lipinski definition) is 1. The fraction of sp³-hybridized carbons (Fsp3) is 0.538. The number of esters is 1. The number of carbonyl (C=O) groups excluding carboxylic acids is 1. The average molecular weight is 236 g/mol. The van der Waals surface area contributed by atoms with Crippen LogP contribution in [0.5, 0.6) is 0 Å². The smallest absolute Gasteiger partial charge is 0.309 e. The molecule has 0 aliphatic heterocycles. The predicted octanol–water partition coefficient (Wildman–Crippen LogP) is 1.93. The lowest BCUT2D eigenvalue weighted by Gasteiger charge is -2.23. The van der Waals surface area contributed by atoms with Gasteiger partial charge in [-0.25, -0.2) is 0 Å². The van der Waals surface area contributed by atoms with Gasteiger partial charge < -0.3 is 10.1 Å². The Morgan fingerprint density at radius 1 is 1.35 bits per heavy atom. The quantitative estimate of drug-likeness (QED) is 0.794. The van der Waals surface area contributed by atoms with Crippen molar-refractivity contribution in [2.45, 2.75) is 32.9 Å². The van der Waals surface area contributed by atoms with Crippen molar-refractivity contribution in [1.29, 1.82) is 0 Å². The van der Waals surface area contributed by atoms with Crippen LogP contribution in [0, 0.1) is 5.92 Å². The second-order valence-corrected chi connectivity index (χ2v) is 4.24. The molecule has 2 unspecified atom stereocenters. The van der Waals surface area contributed by atoms with Crippen LogP contribution in [-0.2, 0) is 9.53 Å². The van der Waals surface area contributed by atoms with E-state index >= 15 is 0 Å². The Hall–Kier alpha value is -1.42. The highest BCUT2D eigenvalue weighted by Gasteiger charge is 2.22. The van der Waals surface area contributed by atoms with Gasteiger partial charge in [-0.2, -0.15) is 0 Å². The number of methoxy groups -OCH3 is 1. The van der Waals surface area contributed by atoms with Gasteiger partial charge in [0.15, 0.2) is 0 Å². The first kappa shape index (κ1) is 13.6. The second-order valence-electron chi connectivity index (χ2n) is 4.24. The lowest BCUT2D eigenvalue weighted by atomic mass is 10.0. The summed E-state index contributed by atoms with van der Waals surface area (Å²) in [4.78, 5) is 15.7. The minimum Gasteiger partial charge on any atom is -0.469 e. The molecular weight excluding hydrogens is 216 g/mol. The van der Waals surface area contributed by atoms with Gasteiger partial charge in [0.2, 0.25) is 0 Å². The molecule has 1 aromatic heterocycles. The molecule has 0 aromatic carbocycles. The van der Waals surface area contributed by atoms with Gasteiger partial charge in [-0.05, 0) is 26.0 Å². The monoisotopic (exact) mass is 236 g/mol. The van der Waals surface area contributed by atoms with Gasteiger partial charge >= 0.3 is 5.97 Å². The Kier molecular flexibility index (Phi) is 5.10. The van der Waals surface area contributed by atoms with Crippen LogP contribution in [0.15, 0.2) is 24.4 Å². The van der Waals surface area contributed by atoms with Crippen LogP contribution in [-0.4, -0.2) is 24.1 Å². The second kappa shape index (κ2) is 6.35. The van der Waals surface area contributed by atoms with Crippen molar-refractivity contribution in [3.63, 3.8) is 0 Å². The molecule has 0 aliphatic rings. The summed E-state index contributed by atoms with van der Waals surface area (Å²) in [6.45, 7) is 5.86. The molecule has 0 amide bonds. The Morgan fingerprint density at radius 2 is 2.06 bits per heavy atom. The van der Waals surface area contributed by atoms with Crippen molar-refractivity contribution < 1.29 is 9.53 Å². The van der Waals surface area contributed by atoms with E-state index in [0.29, 0.717) is 0 Å². The first-order chi connectivity index (χ1) is 8.06. The summed E-state index contributed by atoms with van der Waals surface area (Å²) >= 11 is 0. The van der Waals surface area contributed by atoms with Gasteiger partial charge in [0.1, 0.15) is 0 Å². The molecule has 0 bridgehead atoms. The van der Waals surface area contributed by atoms with Gasteiger partial charge in [0.25, 0.3) is 0 Å². The van der Waals surface area contributed by atoms with E-state index in [1.54, 1.807) is 6.20 Å². The highest BCUT2D eigenvalue weighted by Crippen LogP contribution is 2.13. The molecule has 0 saturated carbocycles. The van der Waals surface area contributed by atoms with Gasteiger partial charge in [-0.1, -0.05) is 13.0 Å². The minimum absolute atomic E-state index is 0.0412. The molecule has 0 spiro atoms. The van der Waals surface area contributed by atoms with Gasteiger partial charge in [-0.3, -0.25) is 9.78 Å². The van der Waals surface area contributed by atoms with Crippen LogP contribution in [0.25, 0.3) is 0 Å². The zero-order valence-corrected chi connectivity index (χ0v) is 10.8. The predicted molar refractivity (Wildman–Crippen MR) is 66.4 cm³/mol. The van der Waals surface area contributed by atoms with Crippen LogP contribution in [0.3, 0.4) is 0 Å². The molecule has 1 heterocycles. The zero-order chi connectivity index (χ0) is 12.8. The SMILES string of the molecule is COC(=O)C(C)C(C)N[C@H](C)c1ccccn1. The molecule has 4 heteroatoms. The maximum Gasteiger partial charge on any atom is 0.309 e. The minimum atomic E-state index is -0.196. The number of carbonyl (C=O) groups is 1. The summed E-state index contributed by atoms with van der Waals surface area (Å²) in [5.74, 6) is -0.371. The van der Waals surface area contributed by atoms with Crippen LogP contribution in [0.4, 0.5) is 0 Å². The number of nitrogens with zero attached hydrogens (tertiary/aromatic N) is 1. The molecule has 0 radical (unpaired) electrons. The topological polar surface area (TPSA) is 51.2 Å². The first-order valence-electron chi connectivity index (χ1n) is 5.81. The molecular formula is C13H20N2O2. The Balaban J connectivity index is 2.57. The molecule has 0 aliphatic carbocycles. The van der Waals surface area contributed by atoms with Crippen molar-refractivity contribution in [3.8, 4) is 0 Å². The van der Waals surface area contributed by atoms with E-state index in [-0.39, 0.29) is 24.0 Å². The van der Waals surface area contributed by atoms with Crippen molar-refractivity contribution in [2.75, 3.05) is 7.11 Å². The Bertz CT molecular complexity index is 354. The Morgan fingerprint density at radius 3 is 2.59 bits per heavy atom. The van der Waals surface area contributed by atoms with E-state index in [1.165, 1.54) is 7.11 Å². The van der Waals surface area contributed by atoms with Crippen LogP contribution in [0.2, 0.25) is 0 Å². The van der Waals surface area contributed by atoms with Gasteiger partial charge in [0, 0.05) is 18.3 Å². The number of hydrogen-bond acceptors (Lipinski definition) is 4. The summed E-state index contributed by atoms with van der Waals surface area (Å²) in [5, 5.41) is 3.35. The molecule has 17 heavy (non-hydrogen) atoms. The number of nitrogens with one attached hydrogen (secondary N) is 1. The van der Waals surface area contributed by atoms with Crippen LogP contribution in [0.1, 0.15) is 32.5 Å². The summed E-state index contributed by atoms with van der Waals surface area (Å²) < 4.78 is 4.73. The van der Waals surface area contributed by atoms with Crippen LogP contribution >= 0.6 is 0 Å². The first-order valence-corrected chi connectivity index (χ1v) is 5.81. The van der Waals surface area contributed by atoms with E-state index < -0.39 is 0 Å². The Labute approximate surface area is 102 Å². The molecule has 1 rings (SSSR count). The number of rotatable bonds is 5. The maximum absolute atomic E-state index is 11.4. The number of pyridine rings is 1. The van der Waals surface area contributed by atoms with E-state index in [9.17, 15) is 4.79 Å². The average Bonchev–Trinajstić information content (AvgIpc) is 2.37. The highest BCUT2D eigenvalue weighted by molar-refractivity contribution is 5.72. The summed E-state index contributed by atoms with van der Waals surface area (Å²) in [6, 6.07) is 5.96. The molecule has 0 saturated heterocycles. The fourth-order valence-corrected chi connectivity index (χ4v) is 1.65. The van der Waals surface area contributed by atoms with Crippen molar-refractivity contribution in [3.05, 3.63) is 30.1 Å². The van der Waals surface area contributed by atoms with E-state index in [0.717, 1.165) is 5.69 Å². The summed E-state index contributed by atoms with van der Waals surface area (Å²) in [6.07, 6.45) is 1.77. The zero-order valence-electron chi connectivity index (χ0n) is 10.8. The highest BCUT2D eigenvalue weighted by atomic mass is 16.5. The van der Waals surface area contributed by atoms with E-state index in [4.69, 9.17) is 4.74 Å². The van der Waals surface area contributed by atoms with Crippen molar-refractivity contribution in [2.24, 2.45) is 5.92 Å². The normalized spacial score (nSPS) is 16.0. The van der Waals surface area contributed by atoms with Gasteiger partial charge in [-0.15, -0.1) is 0 Å². The summed E-state index contributed by atoms with van der Waals surface area (Å²) in [7, 11) is 1.41. The molecule has 1 aromatic rings. The number of aromatic nitrogens is 1. The van der Waals surface area contributed by atoms with Crippen LogP contribution < -0.4 is 5.32 Å². The molecule has 3 atom stereocenters. The fourth-order valence-electron chi connectivity index (χ4n) is 1.65. The molecule has 4 nitrogen and oxygen atoms in total. The molecule has 0 fully saturated rings. The lowest BCUT2D eigenvalue weighted by Crippen LogP contribution is -2.38. The third-order valence-corrected chi connectivity index (χ3v) is 2.97. The third kappa shape index (κ3) is 3.82. The van der Waals surface area contributed by atoms with Gasteiger partial charge in [0.05, 0.1) is 18.7 Å². The molecule has 1 N–H and O–H groups in total. The third-order valence-electron chi connectivity index (χ3n) is 2.97. The van der Waals surface area contributed by atoms with E-state index in [1.807, 2.05) is 39.0 Å². The largest absolute Gasteiger partial charge is 0.469 e. The van der Waals surface area contributed by atoms with Crippen molar-refractivity contribution in [1.82, 2.24) is 10.3 Å². The summed E-state index contributed by atoms with van der Waals surface area (Å²) in [5.41, 5.74) is 0.969. The number of ether oxygens (including phenoxy) is 1. The lowest BCUT2D eigenvalue weighted by molar-refractivity contribution is -0.145. The molecule has 94 valence electrons. The van der Waals surface area contributed by atoms with Crippen molar-refractivity contribution >= 4 is 5.97 Å². The standard InChI is InChI=1S/C13H20N2O2/c1-9(13(16)17-4)10(2)15-11(3)12-7-5-6-8-14-12/h5-11,15H,1-4H3/t9?,10?,11-/m1/s1. The maximum atomic E-state index is 11.4.